The lowest BCUT2D eigenvalue weighted by atomic mass is 10.0. The minimum Gasteiger partial charge on any atom is -0.481 e. The van der Waals surface area contributed by atoms with Crippen molar-refractivity contribution in [2.75, 3.05) is 33.5 Å². The van der Waals surface area contributed by atoms with Gasteiger partial charge < -0.3 is 19.5 Å². The molecular weight excluding hydrogens is 258 g/mol. The van der Waals surface area contributed by atoms with Gasteiger partial charge in [-0.25, -0.2) is 9.97 Å². The molecule has 0 radical (unpaired) electrons. The molecule has 0 bridgehead atoms. The van der Waals surface area contributed by atoms with Crippen LogP contribution in [-0.2, 0) is 15.9 Å². The van der Waals surface area contributed by atoms with Crippen LogP contribution in [0.25, 0.3) is 0 Å². The molecule has 2 rings (SSSR count). The summed E-state index contributed by atoms with van der Waals surface area (Å²) in [6.45, 7) is 5.06. The Morgan fingerprint density at radius 1 is 1.45 bits per heavy atom. The molecule has 6 heteroatoms. The lowest BCUT2D eigenvalue weighted by Gasteiger charge is -2.31. The number of hydrogen-bond donors (Lipinski definition) is 1. The molecule has 0 spiro atoms. The smallest absolute Gasteiger partial charge is 0.216 e. The molecule has 1 aromatic rings. The average molecular weight is 281 g/mol. The van der Waals surface area contributed by atoms with E-state index in [2.05, 4.69) is 22.2 Å². The van der Waals surface area contributed by atoms with Crippen LogP contribution < -0.4 is 10.1 Å². The maximum absolute atomic E-state index is 5.80. The van der Waals surface area contributed by atoms with Crippen LogP contribution in [0.5, 0.6) is 5.88 Å². The SMILES string of the molecule is CCCNC(Cc1cc(OC)ncn1)C1COCCO1. The van der Waals surface area contributed by atoms with Gasteiger partial charge in [0.2, 0.25) is 5.88 Å². The first-order valence-corrected chi connectivity index (χ1v) is 7.11. The van der Waals surface area contributed by atoms with Gasteiger partial charge in [-0.15, -0.1) is 0 Å². The Hall–Kier alpha value is -1.24. The molecule has 6 nitrogen and oxygen atoms in total. The van der Waals surface area contributed by atoms with Crippen LogP contribution in [0.15, 0.2) is 12.4 Å². The van der Waals surface area contributed by atoms with Crippen LogP contribution in [0.1, 0.15) is 19.0 Å². The van der Waals surface area contributed by atoms with Crippen molar-refractivity contribution >= 4 is 0 Å². The van der Waals surface area contributed by atoms with E-state index in [1.807, 2.05) is 6.07 Å². The Bertz CT molecular complexity index is 397. The lowest BCUT2D eigenvalue weighted by molar-refractivity contribution is -0.101. The zero-order valence-electron chi connectivity index (χ0n) is 12.2. The molecule has 1 aliphatic heterocycles. The van der Waals surface area contributed by atoms with Crippen LogP contribution in [0.3, 0.4) is 0 Å². The quantitative estimate of drug-likeness (QED) is 0.798. The summed E-state index contributed by atoms with van der Waals surface area (Å²) in [5.41, 5.74) is 0.944. The van der Waals surface area contributed by atoms with Gasteiger partial charge in [-0.05, 0) is 13.0 Å². The Morgan fingerprint density at radius 2 is 2.35 bits per heavy atom. The highest BCUT2D eigenvalue weighted by atomic mass is 16.6. The van der Waals surface area contributed by atoms with Gasteiger partial charge in [-0.1, -0.05) is 6.92 Å². The summed E-state index contributed by atoms with van der Waals surface area (Å²) in [7, 11) is 1.61. The minimum atomic E-state index is 0.0660. The van der Waals surface area contributed by atoms with Crippen LogP contribution in [0.2, 0.25) is 0 Å². The first kappa shape index (κ1) is 15.2. The van der Waals surface area contributed by atoms with Crippen LogP contribution >= 0.6 is 0 Å². The van der Waals surface area contributed by atoms with Crippen LogP contribution in [-0.4, -0.2) is 55.6 Å². The summed E-state index contributed by atoms with van der Waals surface area (Å²) in [4.78, 5) is 8.33. The first-order valence-electron chi connectivity index (χ1n) is 7.11. The maximum Gasteiger partial charge on any atom is 0.216 e. The van der Waals surface area contributed by atoms with Crippen molar-refractivity contribution in [3.63, 3.8) is 0 Å². The van der Waals surface area contributed by atoms with E-state index in [0.717, 1.165) is 25.1 Å². The zero-order valence-corrected chi connectivity index (χ0v) is 12.2. The molecule has 2 atom stereocenters. The second kappa shape index (κ2) is 8.14. The molecule has 0 saturated carbocycles. The molecule has 1 N–H and O–H groups in total. The van der Waals surface area contributed by atoms with Gasteiger partial charge >= 0.3 is 0 Å². The summed E-state index contributed by atoms with van der Waals surface area (Å²) in [5.74, 6) is 0.588. The van der Waals surface area contributed by atoms with Gasteiger partial charge in [-0.3, -0.25) is 0 Å². The van der Waals surface area contributed by atoms with E-state index in [1.165, 1.54) is 6.33 Å². The first-order chi connectivity index (χ1) is 9.83. The van der Waals surface area contributed by atoms with Gasteiger partial charge in [0.15, 0.2) is 0 Å². The zero-order chi connectivity index (χ0) is 14.2. The van der Waals surface area contributed by atoms with Gasteiger partial charge in [0.1, 0.15) is 6.33 Å². The molecule has 1 fully saturated rings. The Morgan fingerprint density at radius 3 is 3.05 bits per heavy atom. The van der Waals surface area contributed by atoms with Gasteiger partial charge in [0.25, 0.3) is 0 Å². The molecule has 20 heavy (non-hydrogen) atoms. The van der Waals surface area contributed by atoms with Gasteiger partial charge in [-0.2, -0.15) is 0 Å². The summed E-state index contributed by atoms with van der Waals surface area (Å²) in [6, 6.07) is 2.06. The number of hydrogen-bond acceptors (Lipinski definition) is 6. The second-order valence-corrected chi connectivity index (χ2v) is 4.80. The highest BCUT2D eigenvalue weighted by molar-refractivity contribution is 5.14. The van der Waals surface area contributed by atoms with E-state index in [9.17, 15) is 0 Å². The average Bonchev–Trinajstić information content (AvgIpc) is 2.52. The lowest BCUT2D eigenvalue weighted by Crippen LogP contribution is -2.48. The molecule has 112 valence electrons. The number of ether oxygens (including phenoxy) is 3. The Kier molecular flexibility index (Phi) is 6.17. The summed E-state index contributed by atoms with van der Waals surface area (Å²) >= 11 is 0. The maximum atomic E-state index is 5.80. The van der Waals surface area contributed by atoms with Crippen LogP contribution in [0.4, 0.5) is 0 Å². The monoisotopic (exact) mass is 281 g/mol. The van der Waals surface area contributed by atoms with Crippen molar-refractivity contribution in [1.82, 2.24) is 15.3 Å². The minimum absolute atomic E-state index is 0.0660. The third-order valence-corrected chi connectivity index (χ3v) is 3.28. The predicted molar refractivity (Wildman–Crippen MR) is 74.9 cm³/mol. The highest BCUT2D eigenvalue weighted by Crippen LogP contribution is 2.13. The molecule has 1 aromatic heterocycles. The van der Waals surface area contributed by atoms with Crippen molar-refractivity contribution in [3.8, 4) is 5.88 Å². The topological polar surface area (TPSA) is 65.5 Å². The summed E-state index contributed by atoms with van der Waals surface area (Å²) in [6.07, 6.45) is 3.45. The molecule has 0 aliphatic carbocycles. The molecular formula is C14H23N3O3. The third-order valence-electron chi connectivity index (χ3n) is 3.28. The van der Waals surface area contributed by atoms with E-state index >= 15 is 0 Å². The van der Waals surface area contributed by atoms with Gasteiger partial charge in [0, 0.05) is 24.2 Å². The number of nitrogens with zero attached hydrogens (tertiary/aromatic N) is 2. The predicted octanol–water partition coefficient (Wildman–Crippen LogP) is 0.811. The standard InChI is InChI=1S/C14H23N3O3/c1-3-4-15-12(13-9-19-5-6-20-13)7-11-8-14(18-2)17-10-16-11/h8,10,12-13,15H,3-7,9H2,1-2H3. The fourth-order valence-corrected chi connectivity index (χ4v) is 2.23. The van der Waals surface area contributed by atoms with E-state index in [0.29, 0.717) is 25.7 Å². The number of methoxy groups -OCH3 is 1. The van der Waals surface area contributed by atoms with E-state index in [4.69, 9.17) is 14.2 Å². The van der Waals surface area contributed by atoms with Crippen molar-refractivity contribution in [2.45, 2.75) is 31.9 Å². The van der Waals surface area contributed by atoms with E-state index in [-0.39, 0.29) is 12.1 Å². The van der Waals surface area contributed by atoms with Crippen LogP contribution in [0, 0.1) is 0 Å². The second-order valence-electron chi connectivity index (χ2n) is 4.80. The third kappa shape index (κ3) is 4.40. The number of rotatable bonds is 7. The van der Waals surface area contributed by atoms with E-state index in [1.54, 1.807) is 7.11 Å². The Balaban J connectivity index is 2.01. The van der Waals surface area contributed by atoms with Crippen molar-refractivity contribution in [2.24, 2.45) is 0 Å². The molecule has 0 amide bonds. The summed E-state index contributed by atoms with van der Waals surface area (Å²) < 4.78 is 16.4. The number of nitrogens with one attached hydrogen (secondary N) is 1. The molecule has 1 aliphatic rings. The highest BCUT2D eigenvalue weighted by Gasteiger charge is 2.25. The normalized spacial score (nSPS) is 20.6. The number of aromatic nitrogens is 2. The van der Waals surface area contributed by atoms with Crippen molar-refractivity contribution < 1.29 is 14.2 Å². The molecule has 2 heterocycles. The van der Waals surface area contributed by atoms with Crippen molar-refractivity contribution in [3.05, 3.63) is 18.1 Å². The summed E-state index contributed by atoms with van der Waals surface area (Å²) in [5, 5.41) is 3.52. The van der Waals surface area contributed by atoms with Gasteiger partial charge in [0.05, 0.1) is 33.0 Å². The largest absolute Gasteiger partial charge is 0.481 e. The fourth-order valence-electron chi connectivity index (χ4n) is 2.23. The molecule has 0 aromatic carbocycles. The fraction of sp³-hybridized carbons (Fsp3) is 0.714. The van der Waals surface area contributed by atoms with E-state index < -0.39 is 0 Å². The molecule has 2 unspecified atom stereocenters. The Labute approximate surface area is 119 Å². The molecule has 1 saturated heterocycles. The van der Waals surface area contributed by atoms with Crippen molar-refractivity contribution in [1.29, 1.82) is 0 Å².